The van der Waals surface area contributed by atoms with E-state index in [0.29, 0.717) is 6.42 Å². The zero-order valence-corrected chi connectivity index (χ0v) is 14.3. The lowest BCUT2D eigenvalue weighted by Gasteiger charge is -2.33. The van der Waals surface area contributed by atoms with Gasteiger partial charge in [-0.25, -0.2) is 4.98 Å². The molecule has 0 bridgehead atoms. The Kier molecular flexibility index (Phi) is 3.93. The van der Waals surface area contributed by atoms with Gasteiger partial charge < -0.3 is 9.80 Å². The summed E-state index contributed by atoms with van der Waals surface area (Å²) in [5.41, 5.74) is 1.97. The van der Waals surface area contributed by atoms with Gasteiger partial charge in [-0.2, -0.15) is 0 Å². The molecule has 1 saturated heterocycles. The normalized spacial score (nSPS) is 23.9. The molecule has 1 aliphatic carbocycles. The van der Waals surface area contributed by atoms with Crippen LogP contribution in [0.1, 0.15) is 30.1 Å². The second-order valence-electron chi connectivity index (χ2n) is 6.70. The summed E-state index contributed by atoms with van der Waals surface area (Å²) in [5, 5.41) is 0.812. The van der Waals surface area contributed by atoms with Gasteiger partial charge in [0.2, 0.25) is 5.91 Å². The monoisotopic (exact) mass is 334 g/mol. The average Bonchev–Trinajstić information content (AvgIpc) is 3.16. The van der Waals surface area contributed by atoms with Crippen LogP contribution in [-0.2, 0) is 17.6 Å². The third-order valence-corrected chi connectivity index (χ3v) is 6.24. The van der Waals surface area contributed by atoms with Gasteiger partial charge in [0.15, 0.2) is 5.16 Å². The van der Waals surface area contributed by atoms with Gasteiger partial charge in [0, 0.05) is 43.9 Å². The molecule has 1 unspecified atom stereocenters. The molecular weight excluding hydrogens is 312 g/mol. The van der Waals surface area contributed by atoms with E-state index in [9.17, 15) is 9.59 Å². The molecule has 1 atom stereocenters. The lowest BCUT2D eigenvalue weighted by molar-refractivity contribution is -0.133. The summed E-state index contributed by atoms with van der Waals surface area (Å²) in [6.45, 7) is 3.44. The summed E-state index contributed by atoms with van der Waals surface area (Å²) in [5.74, 6) is 0.953. The number of aromatic nitrogens is 2. The molecule has 23 heavy (non-hydrogen) atoms. The van der Waals surface area contributed by atoms with Crippen molar-refractivity contribution >= 4 is 17.7 Å². The van der Waals surface area contributed by atoms with Crippen molar-refractivity contribution in [2.45, 2.75) is 36.9 Å². The molecule has 3 aliphatic rings. The van der Waals surface area contributed by atoms with Gasteiger partial charge in [0.05, 0.1) is 11.7 Å². The molecule has 0 N–H and O–H groups in total. The largest absolute Gasteiger partial charge is 0.340 e. The van der Waals surface area contributed by atoms with Crippen LogP contribution in [0.25, 0.3) is 0 Å². The maximum absolute atomic E-state index is 12.7. The van der Waals surface area contributed by atoms with Crippen molar-refractivity contribution in [2.24, 2.45) is 0 Å². The average molecular weight is 334 g/mol. The van der Waals surface area contributed by atoms with Crippen molar-refractivity contribution in [3.05, 3.63) is 21.6 Å². The van der Waals surface area contributed by atoms with Crippen molar-refractivity contribution in [2.75, 3.05) is 39.0 Å². The predicted molar refractivity (Wildman–Crippen MR) is 89.0 cm³/mol. The van der Waals surface area contributed by atoms with Crippen molar-refractivity contribution < 1.29 is 4.79 Å². The predicted octanol–water partition coefficient (Wildman–Crippen LogP) is 0.543. The molecule has 0 saturated carbocycles. The van der Waals surface area contributed by atoms with Gasteiger partial charge in [0.1, 0.15) is 0 Å². The molecule has 7 heteroatoms. The number of carbonyl (C=O) groups excluding carboxylic acids is 1. The number of piperazine rings is 1. The fourth-order valence-electron chi connectivity index (χ4n) is 3.69. The smallest absolute Gasteiger partial charge is 0.257 e. The second kappa shape index (κ2) is 5.94. The van der Waals surface area contributed by atoms with Crippen LogP contribution in [0.15, 0.2) is 9.95 Å². The van der Waals surface area contributed by atoms with E-state index in [-0.39, 0.29) is 17.5 Å². The van der Waals surface area contributed by atoms with Crippen LogP contribution >= 0.6 is 11.8 Å². The van der Waals surface area contributed by atoms with Gasteiger partial charge in [-0.1, -0.05) is 11.8 Å². The number of aryl methyl sites for hydroxylation is 1. The topological polar surface area (TPSA) is 58.4 Å². The van der Waals surface area contributed by atoms with E-state index in [1.165, 1.54) is 0 Å². The Morgan fingerprint density at radius 3 is 2.83 bits per heavy atom. The Morgan fingerprint density at radius 1 is 1.26 bits per heavy atom. The molecule has 1 aromatic rings. The van der Waals surface area contributed by atoms with Crippen LogP contribution in [-0.4, -0.2) is 64.2 Å². The molecule has 0 spiro atoms. The van der Waals surface area contributed by atoms with Gasteiger partial charge in [-0.05, 0) is 26.3 Å². The van der Waals surface area contributed by atoms with Crippen molar-refractivity contribution in [1.29, 1.82) is 0 Å². The highest BCUT2D eigenvalue weighted by Gasteiger charge is 2.32. The number of carbonyl (C=O) groups is 1. The quantitative estimate of drug-likeness (QED) is 0.739. The van der Waals surface area contributed by atoms with Crippen molar-refractivity contribution in [3.8, 4) is 0 Å². The van der Waals surface area contributed by atoms with Crippen LogP contribution in [0.5, 0.6) is 0 Å². The highest BCUT2D eigenvalue weighted by atomic mass is 32.2. The number of hydrogen-bond donors (Lipinski definition) is 0. The first-order chi connectivity index (χ1) is 11.1. The number of thioether (sulfide) groups is 1. The third kappa shape index (κ3) is 2.70. The lowest BCUT2D eigenvalue weighted by atomic mass is 10.1. The Labute approximate surface area is 139 Å². The summed E-state index contributed by atoms with van der Waals surface area (Å²) in [6, 6.07) is -0.0342. The van der Waals surface area contributed by atoms with Crippen molar-refractivity contribution in [3.63, 3.8) is 0 Å². The number of nitrogens with zero attached hydrogens (tertiary/aromatic N) is 4. The highest BCUT2D eigenvalue weighted by molar-refractivity contribution is 7.99. The zero-order chi connectivity index (χ0) is 16.0. The number of amides is 1. The van der Waals surface area contributed by atoms with E-state index in [0.717, 1.165) is 67.6 Å². The number of rotatable bonds is 2. The van der Waals surface area contributed by atoms with Crippen LogP contribution < -0.4 is 5.56 Å². The first-order valence-electron chi connectivity index (χ1n) is 8.37. The van der Waals surface area contributed by atoms with Gasteiger partial charge in [0.25, 0.3) is 5.56 Å². The maximum atomic E-state index is 12.7. The van der Waals surface area contributed by atoms with E-state index in [2.05, 4.69) is 16.9 Å². The van der Waals surface area contributed by atoms with Crippen LogP contribution in [0.3, 0.4) is 0 Å². The van der Waals surface area contributed by atoms with E-state index >= 15 is 0 Å². The fourth-order valence-corrected chi connectivity index (χ4v) is 4.84. The molecular formula is C16H22N4O2S. The SMILES string of the molecule is CN1CCN(C(=O)CC2CSc3nc4c(c(=O)n32)CCC4)CC1. The molecule has 1 aromatic heterocycles. The summed E-state index contributed by atoms with van der Waals surface area (Å²) < 4.78 is 1.79. The first-order valence-corrected chi connectivity index (χ1v) is 9.35. The Morgan fingerprint density at radius 2 is 2.04 bits per heavy atom. The first kappa shape index (κ1) is 15.2. The Bertz CT molecular complexity index is 694. The molecule has 6 nitrogen and oxygen atoms in total. The molecule has 2 aliphatic heterocycles. The Hall–Kier alpha value is -1.34. The van der Waals surface area contributed by atoms with E-state index in [1.807, 2.05) is 4.90 Å². The molecule has 0 aromatic carbocycles. The molecule has 124 valence electrons. The van der Waals surface area contributed by atoms with Gasteiger partial charge in [-0.15, -0.1) is 0 Å². The van der Waals surface area contributed by atoms with Crippen molar-refractivity contribution in [1.82, 2.24) is 19.4 Å². The fraction of sp³-hybridized carbons (Fsp3) is 0.688. The molecule has 0 radical (unpaired) electrons. The lowest BCUT2D eigenvalue weighted by Crippen LogP contribution is -2.47. The van der Waals surface area contributed by atoms with E-state index in [1.54, 1.807) is 16.3 Å². The number of fused-ring (bicyclic) bond motifs is 2. The molecule has 3 heterocycles. The summed E-state index contributed by atoms with van der Waals surface area (Å²) in [6.07, 6.45) is 3.20. The maximum Gasteiger partial charge on any atom is 0.257 e. The standard InChI is InChI=1S/C16H22N4O2S/c1-18-5-7-19(8-6-18)14(21)9-11-10-23-16-17-13-4-2-3-12(13)15(22)20(11)16/h11H,2-10H2,1H3. The Balaban J connectivity index is 1.53. The van der Waals surface area contributed by atoms with E-state index in [4.69, 9.17) is 0 Å². The minimum atomic E-state index is -0.0342. The number of likely N-dealkylation sites (N-methyl/N-ethyl adjacent to an activating group) is 1. The van der Waals surface area contributed by atoms with Gasteiger partial charge >= 0.3 is 0 Å². The van der Waals surface area contributed by atoms with Crippen LogP contribution in [0.2, 0.25) is 0 Å². The molecule has 1 amide bonds. The third-order valence-electron chi connectivity index (χ3n) is 5.14. The molecule has 1 fully saturated rings. The highest BCUT2D eigenvalue weighted by Crippen LogP contribution is 2.34. The second-order valence-corrected chi connectivity index (χ2v) is 7.69. The summed E-state index contributed by atoms with van der Waals surface area (Å²) in [4.78, 5) is 34.2. The van der Waals surface area contributed by atoms with Gasteiger partial charge in [-0.3, -0.25) is 14.2 Å². The molecule has 4 rings (SSSR count). The minimum absolute atomic E-state index is 0.0342. The minimum Gasteiger partial charge on any atom is -0.340 e. The number of hydrogen-bond acceptors (Lipinski definition) is 5. The zero-order valence-electron chi connectivity index (χ0n) is 13.5. The summed E-state index contributed by atoms with van der Waals surface area (Å²) >= 11 is 1.62. The van der Waals surface area contributed by atoms with E-state index < -0.39 is 0 Å². The summed E-state index contributed by atoms with van der Waals surface area (Å²) in [7, 11) is 2.08. The van der Waals surface area contributed by atoms with Crippen LogP contribution in [0, 0.1) is 0 Å². The van der Waals surface area contributed by atoms with Crippen LogP contribution in [0.4, 0.5) is 0 Å².